The minimum absolute atomic E-state index is 0.891. The van der Waals surface area contributed by atoms with Crippen molar-refractivity contribution in [2.24, 2.45) is 0 Å². The summed E-state index contributed by atoms with van der Waals surface area (Å²) in [6.07, 6.45) is 3.14. The molecule has 0 saturated carbocycles. The molecule has 0 spiro atoms. The normalized spacial score (nSPS) is 9.00. The van der Waals surface area contributed by atoms with Gasteiger partial charge in [-0.25, -0.2) is 0 Å². The second-order valence-corrected chi connectivity index (χ2v) is 3.89. The second kappa shape index (κ2) is 6.97. The average molecular weight is 284 g/mol. The van der Waals surface area contributed by atoms with E-state index >= 15 is 0 Å². The van der Waals surface area contributed by atoms with Crippen molar-refractivity contribution in [2.75, 3.05) is 4.43 Å². The van der Waals surface area contributed by atoms with Crippen LogP contribution in [0.25, 0.3) is 0 Å². The highest BCUT2D eigenvalue weighted by Crippen LogP contribution is 1.98. The van der Waals surface area contributed by atoms with E-state index in [2.05, 4.69) is 58.7 Å². The minimum Gasteiger partial charge on any atom is -0.103 e. The molecule has 0 unspecified atom stereocenters. The van der Waals surface area contributed by atoms with Crippen molar-refractivity contribution < 1.29 is 0 Å². The van der Waals surface area contributed by atoms with Gasteiger partial charge in [-0.05, 0) is 12.0 Å². The van der Waals surface area contributed by atoms with Crippen LogP contribution in [0.15, 0.2) is 30.3 Å². The molecule has 1 heteroatoms. The molecule has 0 bridgehead atoms. The van der Waals surface area contributed by atoms with E-state index in [1.165, 1.54) is 16.4 Å². The molecule has 0 nitrogen and oxygen atoms in total. The van der Waals surface area contributed by atoms with Gasteiger partial charge in [0.1, 0.15) is 0 Å². The van der Waals surface area contributed by atoms with Crippen LogP contribution in [0.1, 0.15) is 18.4 Å². The highest BCUT2D eigenvalue weighted by molar-refractivity contribution is 14.1. The molecule has 13 heavy (non-hydrogen) atoms. The lowest BCUT2D eigenvalue weighted by molar-refractivity contribution is 1.01. The Balaban J connectivity index is 2.29. The first-order valence-corrected chi connectivity index (χ1v) is 6.01. The lowest BCUT2D eigenvalue weighted by Gasteiger charge is -1.91. The summed E-state index contributed by atoms with van der Waals surface area (Å²) in [4.78, 5) is 0. The fraction of sp³-hybridized carbons (Fsp3) is 0.333. The van der Waals surface area contributed by atoms with Gasteiger partial charge in [0.2, 0.25) is 0 Å². The van der Waals surface area contributed by atoms with Crippen LogP contribution >= 0.6 is 22.6 Å². The third-order valence-corrected chi connectivity index (χ3v) is 2.46. The topological polar surface area (TPSA) is 0 Å². The van der Waals surface area contributed by atoms with Crippen LogP contribution in [0, 0.1) is 11.8 Å². The van der Waals surface area contributed by atoms with Crippen LogP contribution in [0.4, 0.5) is 0 Å². The molecule has 0 aliphatic heterocycles. The molecule has 0 aromatic heterocycles. The predicted molar refractivity (Wildman–Crippen MR) is 66.0 cm³/mol. The molecule has 0 radical (unpaired) electrons. The van der Waals surface area contributed by atoms with Crippen molar-refractivity contribution in [2.45, 2.75) is 19.3 Å². The number of unbranched alkanes of at least 4 members (excludes halogenated alkanes) is 1. The molecule has 0 amide bonds. The Kier molecular flexibility index (Phi) is 5.67. The van der Waals surface area contributed by atoms with Gasteiger partial charge >= 0.3 is 0 Å². The largest absolute Gasteiger partial charge is 0.103 e. The third kappa shape index (κ3) is 4.94. The van der Waals surface area contributed by atoms with Crippen LogP contribution in [0.3, 0.4) is 0 Å². The van der Waals surface area contributed by atoms with Crippen molar-refractivity contribution in [1.82, 2.24) is 0 Å². The van der Waals surface area contributed by atoms with Crippen molar-refractivity contribution in [3.63, 3.8) is 0 Å². The van der Waals surface area contributed by atoms with Gasteiger partial charge in [0.05, 0.1) is 0 Å². The standard InChI is InChI=1S/C12H13I/c13-11-7-2-1-4-8-12-9-5-3-6-10-12/h3,5-6,9-10H,2,7-8,11H2. The third-order valence-electron chi connectivity index (χ3n) is 1.70. The van der Waals surface area contributed by atoms with E-state index in [-0.39, 0.29) is 0 Å². The summed E-state index contributed by atoms with van der Waals surface area (Å²) in [7, 11) is 0. The SMILES string of the molecule is ICCCC#CCc1ccccc1. The van der Waals surface area contributed by atoms with Crippen LogP contribution < -0.4 is 0 Å². The van der Waals surface area contributed by atoms with E-state index in [0.29, 0.717) is 0 Å². The van der Waals surface area contributed by atoms with Gasteiger partial charge in [0.25, 0.3) is 0 Å². The molecule has 0 N–H and O–H groups in total. The molecule has 0 heterocycles. The van der Waals surface area contributed by atoms with Crippen LogP contribution in [-0.4, -0.2) is 4.43 Å². The van der Waals surface area contributed by atoms with Crippen molar-refractivity contribution in [1.29, 1.82) is 0 Å². The van der Waals surface area contributed by atoms with Gasteiger partial charge in [-0.3, -0.25) is 0 Å². The lowest BCUT2D eigenvalue weighted by atomic mass is 10.1. The molecule has 0 saturated heterocycles. The monoisotopic (exact) mass is 284 g/mol. The summed E-state index contributed by atoms with van der Waals surface area (Å²) in [6, 6.07) is 10.4. The molecule has 1 rings (SSSR count). The number of hydrogen-bond donors (Lipinski definition) is 0. The van der Waals surface area contributed by atoms with Gasteiger partial charge in [-0.1, -0.05) is 58.8 Å². The van der Waals surface area contributed by atoms with E-state index in [9.17, 15) is 0 Å². The summed E-state index contributed by atoms with van der Waals surface area (Å²) in [5, 5.41) is 0. The van der Waals surface area contributed by atoms with E-state index in [0.717, 1.165) is 12.8 Å². The van der Waals surface area contributed by atoms with Gasteiger partial charge in [-0.2, -0.15) is 0 Å². The smallest absolute Gasteiger partial charge is 0.0340 e. The molecular weight excluding hydrogens is 271 g/mol. The molecular formula is C12H13I. The number of rotatable bonds is 3. The van der Waals surface area contributed by atoms with E-state index < -0.39 is 0 Å². The highest BCUT2D eigenvalue weighted by Gasteiger charge is 1.84. The number of halogens is 1. The summed E-state index contributed by atoms with van der Waals surface area (Å²) in [6.45, 7) is 0. The van der Waals surface area contributed by atoms with Crippen LogP contribution in [0.5, 0.6) is 0 Å². The Hall–Kier alpha value is -0.490. The van der Waals surface area contributed by atoms with Gasteiger partial charge in [-0.15, -0.1) is 5.92 Å². The Morgan fingerprint density at radius 3 is 2.54 bits per heavy atom. The maximum absolute atomic E-state index is 3.18. The summed E-state index contributed by atoms with van der Waals surface area (Å²) >= 11 is 2.38. The number of alkyl halides is 1. The van der Waals surface area contributed by atoms with E-state index in [1.54, 1.807) is 0 Å². The Bertz CT molecular complexity index is 279. The van der Waals surface area contributed by atoms with Crippen LogP contribution in [-0.2, 0) is 6.42 Å². The molecule has 1 aromatic rings. The number of hydrogen-bond acceptors (Lipinski definition) is 0. The zero-order chi connectivity index (χ0) is 9.36. The first-order chi connectivity index (χ1) is 6.43. The second-order valence-electron chi connectivity index (χ2n) is 2.81. The fourth-order valence-corrected chi connectivity index (χ4v) is 1.39. The first kappa shape index (κ1) is 10.6. The number of benzene rings is 1. The zero-order valence-corrected chi connectivity index (χ0v) is 9.75. The average Bonchev–Trinajstić information content (AvgIpc) is 2.19. The zero-order valence-electron chi connectivity index (χ0n) is 7.59. The van der Waals surface area contributed by atoms with Gasteiger partial charge < -0.3 is 0 Å². The van der Waals surface area contributed by atoms with Crippen molar-refractivity contribution in [3.05, 3.63) is 35.9 Å². The lowest BCUT2D eigenvalue weighted by Crippen LogP contribution is -1.79. The molecule has 68 valence electrons. The van der Waals surface area contributed by atoms with E-state index in [1.807, 2.05) is 6.07 Å². The molecule has 0 aliphatic carbocycles. The molecule has 1 aromatic carbocycles. The maximum atomic E-state index is 3.18. The Morgan fingerprint density at radius 2 is 1.85 bits per heavy atom. The summed E-state index contributed by atoms with van der Waals surface area (Å²) in [5.74, 6) is 6.36. The van der Waals surface area contributed by atoms with E-state index in [4.69, 9.17) is 0 Å². The Morgan fingerprint density at radius 1 is 1.08 bits per heavy atom. The quantitative estimate of drug-likeness (QED) is 0.345. The Labute approximate surface area is 93.9 Å². The highest BCUT2D eigenvalue weighted by atomic mass is 127. The summed E-state index contributed by atoms with van der Waals surface area (Å²) < 4.78 is 1.21. The van der Waals surface area contributed by atoms with Crippen LogP contribution in [0.2, 0.25) is 0 Å². The predicted octanol–water partition coefficient (Wildman–Crippen LogP) is 3.45. The molecule has 0 fully saturated rings. The molecule has 0 aliphatic rings. The first-order valence-electron chi connectivity index (χ1n) is 4.49. The maximum Gasteiger partial charge on any atom is 0.0340 e. The van der Waals surface area contributed by atoms with Gasteiger partial charge in [0.15, 0.2) is 0 Å². The summed E-state index contributed by atoms with van der Waals surface area (Å²) in [5.41, 5.74) is 1.31. The molecule has 0 atom stereocenters. The van der Waals surface area contributed by atoms with Crippen molar-refractivity contribution in [3.8, 4) is 11.8 Å². The van der Waals surface area contributed by atoms with Gasteiger partial charge in [0, 0.05) is 17.3 Å². The van der Waals surface area contributed by atoms with Crippen molar-refractivity contribution >= 4 is 22.6 Å². The minimum atomic E-state index is 0.891. The fourth-order valence-electron chi connectivity index (χ4n) is 1.00.